The van der Waals surface area contributed by atoms with Crippen LogP contribution in [0.15, 0.2) is 58.0 Å². The fourth-order valence-corrected chi connectivity index (χ4v) is 3.99. The number of methoxy groups -OCH3 is 3. The Labute approximate surface area is 203 Å². The molecule has 1 heterocycles. The molecule has 0 aliphatic heterocycles. The van der Waals surface area contributed by atoms with Crippen LogP contribution < -0.4 is 23.7 Å². The number of thiazole rings is 1. The van der Waals surface area contributed by atoms with E-state index < -0.39 is 0 Å². The summed E-state index contributed by atoms with van der Waals surface area (Å²) in [5.74, 6) is 2.08. The van der Waals surface area contributed by atoms with Crippen molar-refractivity contribution in [3.63, 3.8) is 0 Å². The summed E-state index contributed by atoms with van der Waals surface area (Å²) < 4.78 is 23.7. The molecule has 3 aromatic rings. The number of phenolic OH excluding ortho intramolecular Hbond substituents is 1. The molecule has 0 atom stereocenters. The standard InChI is InChI=1S/C25H29N3O5S/c1-7-33-21-10-17(8-9-20(21)29)14-27-28-19(15-34-25(28)26-13-16(2)3)18-11-22(30-4)24(32-6)23(12-18)31-5/h8-12,14-15,29H,2,7,13H2,1,3-6H3. The van der Waals surface area contributed by atoms with Crippen molar-refractivity contribution in [2.45, 2.75) is 13.8 Å². The lowest BCUT2D eigenvalue weighted by Gasteiger charge is -2.14. The first kappa shape index (κ1) is 24.9. The Balaban J connectivity index is 2.14. The van der Waals surface area contributed by atoms with Gasteiger partial charge < -0.3 is 24.1 Å². The van der Waals surface area contributed by atoms with E-state index in [1.54, 1.807) is 50.4 Å². The lowest BCUT2D eigenvalue weighted by atomic mass is 10.1. The fraction of sp³-hybridized carbons (Fsp3) is 0.280. The molecule has 9 heteroatoms. The highest BCUT2D eigenvalue weighted by Gasteiger charge is 2.17. The smallest absolute Gasteiger partial charge is 0.206 e. The van der Waals surface area contributed by atoms with Gasteiger partial charge in [-0.05, 0) is 49.7 Å². The van der Waals surface area contributed by atoms with Gasteiger partial charge in [0.1, 0.15) is 0 Å². The van der Waals surface area contributed by atoms with Crippen LogP contribution in [-0.2, 0) is 0 Å². The van der Waals surface area contributed by atoms with E-state index in [2.05, 4.69) is 11.6 Å². The van der Waals surface area contributed by atoms with E-state index in [9.17, 15) is 5.11 Å². The quantitative estimate of drug-likeness (QED) is 0.334. The van der Waals surface area contributed by atoms with E-state index in [1.165, 1.54) is 11.3 Å². The minimum atomic E-state index is 0.0810. The number of aromatic hydroxyl groups is 1. The number of nitrogens with zero attached hydrogens (tertiary/aromatic N) is 3. The van der Waals surface area contributed by atoms with E-state index in [0.717, 1.165) is 22.4 Å². The summed E-state index contributed by atoms with van der Waals surface area (Å²) in [5.41, 5.74) is 3.32. The molecule has 0 fully saturated rings. The Morgan fingerprint density at radius 2 is 1.79 bits per heavy atom. The monoisotopic (exact) mass is 483 g/mol. The Bertz CT molecular complexity index is 1230. The highest BCUT2D eigenvalue weighted by atomic mass is 32.1. The highest BCUT2D eigenvalue weighted by Crippen LogP contribution is 2.41. The van der Waals surface area contributed by atoms with E-state index in [0.29, 0.717) is 41.0 Å². The second-order valence-electron chi connectivity index (χ2n) is 7.31. The Morgan fingerprint density at radius 1 is 1.09 bits per heavy atom. The Hall–Kier alpha value is -3.72. The molecule has 0 bridgehead atoms. The van der Waals surface area contributed by atoms with Crippen molar-refractivity contribution in [3.8, 4) is 40.0 Å². The first-order valence-electron chi connectivity index (χ1n) is 10.6. The van der Waals surface area contributed by atoms with Crippen molar-refractivity contribution in [1.82, 2.24) is 4.68 Å². The van der Waals surface area contributed by atoms with Crippen molar-refractivity contribution in [3.05, 3.63) is 58.2 Å². The zero-order chi connectivity index (χ0) is 24.7. The zero-order valence-corrected chi connectivity index (χ0v) is 20.8. The van der Waals surface area contributed by atoms with Crippen molar-refractivity contribution >= 4 is 17.6 Å². The van der Waals surface area contributed by atoms with Gasteiger partial charge in [0, 0.05) is 10.9 Å². The normalized spacial score (nSPS) is 11.6. The summed E-state index contributed by atoms with van der Waals surface area (Å²) in [6, 6.07) is 8.81. The molecular weight excluding hydrogens is 454 g/mol. The summed E-state index contributed by atoms with van der Waals surface area (Å²) in [6.07, 6.45) is 1.69. The van der Waals surface area contributed by atoms with Crippen molar-refractivity contribution in [1.29, 1.82) is 0 Å². The van der Waals surface area contributed by atoms with E-state index in [-0.39, 0.29) is 5.75 Å². The molecule has 0 aliphatic rings. The van der Waals surface area contributed by atoms with Crippen LogP contribution in [0, 0.1) is 0 Å². The second-order valence-corrected chi connectivity index (χ2v) is 8.14. The van der Waals surface area contributed by atoms with E-state index in [4.69, 9.17) is 24.0 Å². The SMILES string of the molecule is C=C(C)CN=c1scc(-c2cc(OC)c(OC)c(OC)c2)n1N=Cc1ccc(O)c(OCC)c1. The predicted octanol–water partition coefficient (Wildman–Crippen LogP) is 4.71. The molecule has 0 saturated carbocycles. The van der Waals surface area contributed by atoms with Gasteiger partial charge in [0.15, 0.2) is 23.0 Å². The molecule has 0 amide bonds. The van der Waals surface area contributed by atoms with Gasteiger partial charge in [-0.1, -0.05) is 12.2 Å². The van der Waals surface area contributed by atoms with Gasteiger partial charge in [0.2, 0.25) is 10.6 Å². The van der Waals surface area contributed by atoms with Crippen LogP contribution in [0.1, 0.15) is 19.4 Å². The van der Waals surface area contributed by atoms with Crippen LogP contribution in [0.3, 0.4) is 0 Å². The maximum absolute atomic E-state index is 9.99. The summed E-state index contributed by atoms with van der Waals surface area (Å²) in [4.78, 5) is 5.36. The molecule has 34 heavy (non-hydrogen) atoms. The first-order valence-corrected chi connectivity index (χ1v) is 11.5. The number of hydrogen-bond acceptors (Lipinski definition) is 8. The van der Waals surface area contributed by atoms with Crippen molar-refractivity contribution in [2.24, 2.45) is 10.1 Å². The molecule has 2 aromatic carbocycles. The molecule has 0 spiro atoms. The Morgan fingerprint density at radius 3 is 2.38 bits per heavy atom. The summed E-state index contributed by atoms with van der Waals surface area (Å²) in [7, 11) is 4.72. The molecule has 0 saturated heterocycles. The number of ether oxygens (including phenoxy) is 4. The predicted molar refractivity (Wildman–Crippen MR) is 135 cm³/mol. The summed E-state index contributed by atoms with van der Waals surface area (Å²) >= 11 is 1.46. The highest BCUT2D eigenvalue weighted by molar-refractivity contribution is 7.07. The van der Waals surface area contributed by atoms with Crippen LogP contribution in [0.5, 0.6) is 28.7 Å². The maximum Gasteiger partial charge on any atom is 0.206 e. The third-order valence-corrected chi connectivity index (χ3v) is 5.59. The fourth-order valence-electron chi connectivity index (χ4n) is 3.16. The summed E-state index contributed by atoms with van der Waals surface area (Å²) in [6.45, 7) is 8.66. The summed E-state index contributed by atoms with van der Waals surface area (Å²) in [5, 5.41) is 16.7. The van der Waals surface area contributed by atoms with E-state index in [1.807, 2.05) is 31.4 Å². The van der Waals surface area contributed by atoms with Crippen molar-refractivity contribution < 1.29 is 24.1 Å². The molecule has 8 nitrogen and oxygen atoms in total. The van der Waals surface area contributed by atoms with Gasteiger partial charge >= 0.3 is 0 Å². The lowest BCUT2D eigenvalue weighted by Crippen LogP contribution is -2.13. The molecule has 1 aromatic heterocycles. The largest absolute Gasteiger partial charge is 0.504 e. The third kappa shape index (κ3) is 5.60. The molecule has 3 rings (SSSR count). The average molecular weight is 484 g/mol. The topological polar surface area (TPSA) is 86.8 Å². The van der Waals surface area contributed by atoms with Gasteiger partial charge in [-0.2, -0.15) is 5.10 Å². The minimum absolute atomic E-state index is 0.0810. The van der Waals surface area contributed by atoms with Gasteiger partial charge in [-0.3, -0.25) is 4.99 Å². The second kappa shape index (κ2) is 11.4. The number of aromatic nitrogens is 1. The molecule has 0 unspecified atom stereocenters. The zero-order valence-electron chi connectivity index (χ0n) is 20.0. The van der Waals surface area contributed by atoms with Gasteiger partial charge in [0.05, 0.1) is 46.4 Å². The first-order chi connectivity index (χ1) is 16.4. The molecule has 0 aliphatic carbocycles. The van der Waals surface area contributed by atoms with Gasteiger partial charge in [0.25, 0.3) is 0 Å². The van der Waals surface area contributed by atoms with Crippen LogP contribution in [0.4, 0.5) is 0 Å². The van der Waals surface area contributed by atoms with Crippen LogP contribution in [-0.4, -0.2) is 50.5 Å². The third-order valence-electron chi connectivity index (χ3n) is 4.74. The van der Waals surface area contributed by atoms with Crippen LogP contribution in [0.25, 0.3) is 11.3 Å². The molecular formula is C25H29N3O5S. The minimum Gasteiger partial charge on any atom is -0.504 e. The average Bonchev–Trinajstić information content (AvgIpc) is 3.25. The maximum atomic E-state index is 9.99. The molecule has 1 N–H and O–H groups in total. The Kier molecular flexibility index (Phi) is 8.37. The number of hydrogen-bond donors (Lipinski definition) is 1. The molecule has 180 valence electrons. The van der Waals surface area contributed by atoms with Crippen LogP contribution in [0.2, 0.25) is 0 Å². The van der Waals surface area contributed by atoms with Crippen LogP contribution >= 0.6 is 11.3 Å². The van der Waals surface area contributed by atoms with E-state index >= 15 is 0 Å². The van der Waals surface area contributed by atoms with Crippen molar-refractivity contribution in [2.75, 3.05) is 34.5 Å². The molecule has 0 radical (unpaired) electrons. The number of rotatable bonds is 10. The van der Waals surface area contributed by atoms with Gasteiger partial charge in [-0.15, -0.1) is 11.3 Å². The number of phenols is 1. The number of benzene rings is 2. The van der Waals surface area contributed by atoms with Gasteiger partial charge in [-0.25, -0.2) is 4.68 Å². The lowest BCUT2D eigenvalue weighted by molar-refractivity contribution is 0.318.